The van der Waals surface area contributed by atoms with Crippen molar-refractivity contribution in [2.24, 2.45) is 0 Å². The maximum Gasteiger partial charge on any atom is 0.408 e. The predicted molar refractivity (Wildman–Crippen MR) is 89.8 cm³/mol. The Labute approximate surface area is 147 Å². The van der Waals surface area contributed by atoms with Gasteiger partial charge in [-0.3, -0.25) is 4.79 Å². The van der Waals surface area contributed by atoms with Crippen molar-refractivity contribution < 1.29 is 22.7 Å². The summed E-state index contributed by atoms with van der Waals surface area (Å²) in [5.74, 6) is -0.671. The van der Waals surface area contributed by atoms with Crippen molar-refractivity contribution in [1.29, 1.82) is 0 Å². The van der Waals surface area contributed by atoms with Gasteiger partial charge in [-0.05, 0) is 30.0 Å². The van der Waals surface area contributed by atoms with Gasteiger partial charge in [-0.15, -0.1) is 11.3 Å². The first-order valence-corrected chi connectivity index (χ1v) is 8.86. The summed E-state index contributed by atoms with van der Waals surface area (Å²) in [4.78, 5) is 13.6. The van der Waals surface area contributed by atoms with Crippen LogP contribution in [0, 0.1) is 0 Å². The van der Waals surface area contributed by atoms with E-state index < -0.39 is 18.1 Å². The number of ether oxygens (including phenoxy) is 1. The number of fused-ring (bicyclic) bond motifs is 1. The molecule has 1 atom stereocenters. The Kier molecular flexibility index (Phi) is 5.44. The number of carbonyl (C=O) groups is 1. The lowest BCUT2D eigenvalue weighted by Crippen LogP contribution is -2.45. The number of rotatable bonds is 5. The average Bonchev–Trinajstić information content (AvgIpc) is 3.02. The van der Waals surface area contributed by atoms with Crippen LogP contribution in [0.2, 0.25) is 0 Å². The van der Waals surface area contributed by atoms with E-state index in [2.05, 4.69) is 5.32 Å². The molecule has 2 heterocycles. The summed E-state index contributed by atoms with van der Waals surface area (Å²) in [5.41, 5.74) is 1.71. The van der Waals surface area contributed by atoms with Gasteiger partial charge in [-0.2, -0.15) is 13.2 Å². The molecule has 1 aromatic heterocycles. The molecular formula is C18H18F3NO2S. The molecule has 1 amide bonds. The first-order chi connectivity index (χ1) is 11.9. The average molecular weight is 369 g/mol. The normalized spacial score (nSPS) is 15.5. The van der Waals surface area contributed by atoms with E-state index >= 15 is 0 Å². The van der Waals surface area contributed by atoms with Gasteiger partial charge in [-0.25, -0.2) is 0 Å². The summed E-state index contributed by atoms with van der Waals surface area (Å²) in [6.07, 6.45) is -3.72. The highest BCUT2D eigenvalue weighted by Crippen LogP contribution is 2.28. The summed E-state index contributed by atoms with van der Waals surface area (Å²) in [6.45, 7) is 0.993. The summed E-state index contributed by atoms with van der Waals surface area (Å²) < 4.78 is 45.2. The van der Waals surface area contributed by atoms with E-state index in [1.165, 1.54) is 11.3 Å². The Balaban J connectivity index is 1.67. The molecule has 0 saturated heterocycles. The molecular weight excluding hydrogens is 351 g/mol. The van der Waals surface area contributed by atoms with Gasteiger partial charge in [0, 0.05) is 11.3 Å². The zero-order valence-corrected chi connectivity index (χ0v) is 14.3. The molecule has 1 aliphatic heterocycles. The Morgan fingerprint density at radius 3 is 2.72 bits per heavy atom. The summed E-state index contributed by atoms with van der Waals surface area (Å²) >= 11 is 1.25. The van der Waals surface area contributed by atoms with Crippen molar-refractivity contribution in [3.05, 3.63) is 57.3 Å². The Bertz CT molecular complexity index is 704. The summed E-state index contributed by atoms with van der Waals surface area (Å²) in [7, 11) is 0. The minimum atomic E-state index is -4.48. The fraction of sp³-hybridized carbons (Fsp3) is 0.389. The molecule has 3 rings (SSSR count). The maximum absolute atomic E-state index is 13.3. The molecule has 0 unspecified atom stereocenters. The molecule has 1 aliphatic rings. The third-order valence-corrected chi connectivity index (χ3v) is 5.35. The number of carbonyl (C=O) groups excluding carboxylic acids is 1. The molecule has 1 aromatic carbocycles. The Morgan fingerprint density at radius 2 is 2.04 bits per heavy atom. The summed E-state index contributed by atoms with van der Waals surface area (Å²) in [5, 5.41) is 2.16. The molecule has 0 saturated carbocycles. The third-order valence-electron chi connectivity index (χ3n) is 4.12. The van der Waals surface area contributed by atoms with E-state index in [-0.39, 0.29) is 12.8 Å². The van der Waals surface area contributed by atoms with Gasteiger partial charge in [0.15, 0.2) is 0 Å². The van der Waals surface area contributed by atoms with Crippen LogP contribution in [0.25, 0.3) is 0 Å². The number of aryl methyl sites for hydroxylation is 1. The van der Waals surface area contributed by atoms with Gasteiger partial charge < -0.3 is 10.1 Å². The van der Waals surface area contributed by atoms with Crippen LogP contribution in [0.15, 0.2) is 36.4 Å². The zero-order chi connectivity index (χ0) is 17.9. The number of hydrogen-bond donors (Lipinski definition) is 1. The number of alkyl halides is 3. The van der Waals surface area contributed by atoms with Crippen molar-refractivity contribution in [3.8, 4) is 0 Å². The molecule has 3 nitrogen and oxygen atoms in total. The lowest BCUT2D eigenvalue weighted by Gasteiger charge is -2.21. The van der Waals surface area contributed by atoms with Crippen LogP contribution in [0.5, 0.6) is 0 Å². The van der Waals surface area contributed by atoms with E-state index in [4.69, 9.17) is 4.74 Å². The highest BCUT2D eigenvalue weighted by atomic mass is 32.1. The zero-order valence-electron chi connectivity index (χ0n) is 13.4. The number of benzene rings is 1. The van der Waals surface area contributed by atoms with Gasteiger partial charge in [0.25, 0.3) is 5.91 Å². The molecule has 134 valence electrons. The maximum atomic E-state index is 13.3. The predicted octanol–water partition coefficient (Wildman–Crippen LogP) is 4.11. The van der Waals surface area contributed by atoms with Crippen LogP contribution in [-0.4, -0.2) is 24.7 Å². The van der Waals surface area contributed by atoms with E-state index in [9.17, 15) is 18.0 Å². The monoisotopic (exact) mass is 369 g/mol. The van der Waals surface area contributed by atoms with Crippen LogP contribution >= 0.6 is 11.3 Å². The van der Waals surface area contributed by atoms with E-state index in [0.29, 0.717) is 24.5 Å². The molecule has 0 aliphatic carbocycles. The number of hydrogen-bond acceptors (Lipinski definition) is 3. The van der Waals surface area contributed by atoms with Gasteiger partial charge in [0.05, 0.1) is 18.1 Å². The lowest BCUT2D eigenvalue weighted by molar-refractivity contribution is -0.154. The Morgan fingerprint density at radius 1 is 1.28 bits per heavy atom. The smallest absolute Gasteiger partial charge is 0.376 e. The minimum Gasteiger partial charge on any atom is -0.376 e. The fourth-order valence-electron chi connectivity index (χ4n) is 2.76. The number of thiophene rings is 1. The van der Waals surface area contributed by atoms with Crippen molar-refractivity contribution in [2.75, 3.05) is 6.61 Å². The largest absolute Gasteiger partial charge is 0.408 e. The molecule has 0 spiro atoms. The van der Waals surface area contributed by atoms with E-state index in [1.807, 2.05) is 6.07 Å². The highest BCUT2D eigenvalue weighted by molar-refractivity contribution is 7.14. The van der Waals surface area contributed by atoms with Gasteiger partial charge in [-0.1, -0.05) is 30.3 Å². The standard InChI is InChI=1S/C18H18F3NO2S/c19-18(20,21)16(7-6-12-4-2-1-3-5-12)22-17(23)15-10-13-11-24-9-8-14(13)25-15/h1-5,10,16H,6-9,11H2,(H,22,23)/t16-/m1/s1. The number of halogens is 3. The van der Waals surface area contributed by atoms with Crippen LogP contribution in [0.3, 0.4) is 0 Å². The molecule has 0 radical (unpaired) electrons. The number of amides is 1. The third kappa shape index (κ3) is 4.61. The molecule has 2 aromatic rings. The van der Waals surface area contributed by atoms with Crippen LogP contribution in [0.1, 0.15) is 32.1 Å². The van der Waals surface area contributed by atoms with Crippen LogP contribution in [0.4, 0.5) is 13.2 Å². The van der Waals surface area contributed by atoms with Crippen LogP contribution < -0.4 is 5.32 Å². The SMILES string of the molecule is O=C(N[C@H](CCc1ccccc1)C(F)(F)F)c1cc2c(s1)CCOC2. The van der Waals surface area contributed by atoms with Crippen LogP contribution in [-0.2, 0) is 24.2 Å². The van der Waals surface area contributed by atoms with Crippen molar-refractivity contribution >= 4 is 17.2 Å². The summed E-state index contributed by atoms with van der Waals surface area (Å²) in [6, 6.07) is 8.72. The first-order valence-electron chi connectivity index (χ1n) is 8.04. The molecule has 0 fully saturated rings. The van der Waals surface area contributed by atoms with Gasteiger partial charge >= 0.3 is 6.18 Å². The second kappa shape index (κ2) is 7.58. The first kappa shape index (κ1) is 17.9. The second-order valence-corrected chi connectivity index (χ2v) is 7.09. The van der Waals surface area contributed by atoms with E-state index in [1.54, 1.807) is 30.3 Å². The topological polar surface area (TPSA) is 38.3 Å². The second-order valence-electron chi connectivity index (χ2n) is 5.95. The minimum absolute atomic E-state index is 0.187. The van der Waals surface area contributed by atoms with E-state index in [0.717, 1.165) is 16.0 Å². The molecule has 0 bridgehead atoms. The molecule has 7 heteroatoms. The van der Waals surface area contributed by atoms with Crippen molar-refractivity contribution in [3.63, 3.8) is 0 Å². The quantitative estimate of drug-likeness (QED) is 0.861. The van der Waals surface area contributed by atoms with Crippen molar-refractivity contribution in [1.82, 2.24) is 5.32 Å². The van der Waals surface area contributed by atoms with Crippen molar-refractivity contribution in [2.45, 2.75) is 38.1 Å². The number of nitrogens with one attached hydrogen (secondary N) is 1. The van der Waals surface area contributed by atoms with Gasteiger partial charge in [0.2, 0.25) is 0 Å². The highest BCUT2D eigenvalue weighted by Gasteiger charge is 2.40. The molecule has 1 N–H and O–H groups in total. The Hall–Kier alpha value is -1.86. The fourth-order valence-corrected chi connectivity index (χ4v) is 3.81. The molecule has 25 heavy (non-hydrogen) atoms. The lowest BCUT2D eigenvalue weighted by atomic mass is 10.0. The van der Waals surface area contributed by atoms with Gasteiger partial charge in [0.1, 0.15) is 6.04 Å².